The van der Waals surface area contributed by atoms with Crippen LogP contribution in [-0.4, -0.2) is 32.3 Å². The maximum atomic E-state index is 14.0. The molecule has 8 heteroatoms. The summed E-state index contributed by atoms with van der Waals surface area (Å²) < 4.78 is 11.0. The lowest BCUT2D eigenvalue weighted by molar-refractivity contribution is -0.142. The summed E-state index contributed by atoms with van der Waals surface area (Å²) in [6.07, 6.45) is -0.618. The SMILES string of the molecule is COC(=O)C1=C(N)OC2NNC(c3ccccc3)C2C12C(=O)N(C)c1ccccc12. The van der Waals surface area contributed by atoms with E-state index in [-0.39, 0.29) is 23.4 Å². The first-order chi connectivity index (χ1) is 14.5. The van der Waals surface area contributed by atoms with Gasteiger partial charge in [0.25, 0.3) is 0 Å². The van der Waals surface area contributed by atoms with E-state index >= 15 is 0 Å². The van der Waals surface area contributed by atoms with Crippen LogP contribution in [0.1, 0.15) is 17.2 Å². The zero-order valence-corrected chi connectivity index (χ0v) is 16.6. The summed E-state index contributed by atoms with van der Waals surface area (Å²) in [5.74, 6) is -1.51. The number of amides is 1. The summed E-state index contributed by atoms with van der Waals surface area (Å²) in [5.41, 5.74) is 13.7. The topological polar surface area (TPSA) is 106 Å². The van der Waals surface area contributed by atoms with Crippen LogP contribution in [0.2, 0.25) is 0 Å². The number of fused-ring (bicyclic) bond motifs is 4. The van der Waals surface area contributed by atoms with E-state index in [1.54, 1.807) is 11.9 Å². The molecule has 1 amide bonds. The van der Waals surface area contributed by atoms with Crippen LogP contribution in [0.15, 0.2) is 66.1 Å². The van der Waals surface area contributed by atoms with Crippen molar-refractivity contribution in [1.29, 1.82) is 0 Å². The van der Waals surface area contributed by atoms with E-state index in [1.165, 1.54) is 7.11 Å². The van der Waals surface area contributed by atoms with E-state index in [1.807, 2.05) is 54.6 Å². The number of rotatable bonds is 2. The lowest BCUT2D eigenvalue weighted by Crippen LogP contribution is -2.57. The van der Waals surface area contributed by atoms with Crippen molar-refractivity contribution in [1.82, 2.24) is 10.9 Å². The minimum absolute atomic E-state index is 0.0412. The Morgan fingerprint density at radius 3 is 2.57 bits per heavy atom. The fourth-order valence-corrected chi connectivity index (χ4v) is 5.13. The van der Waals surface area contributed by atoms with E-state index in [2.05, 4.69) is 10.9 Å². The number of benzene rings is 2. The van der Waals surface area contributed by atoms with Crippen molar-refractivity contribution in [2.75, 3.05) is 19.1 Å². The summed E-state index contributed by atoms with van der Waals surface area (Å²) in [7, 11) is 2.98. The van der Waals surface area contributed by atoms with Crippen LogP contribution in [0, 0.1) is 5.92 Å². The molecule has 4 unspecified atom stereocenters. The first kappa shape index (κ1) is 18.7. The van der Waals surface area contributed by atoms with Crippen LogP contribution in [0.5, 0.6) is 0 Å². The van der Waals surface area contributed by atoms with Crippen molar-refractivity contribution in [3.8, 4) is 0 Å². The molecule has 0 radical (unpaired) electrons. The molecule has 0 bridgehead atoms. The number of hydrogen-bond donors (Lipinski definition) is 3. The number of esters is 1. The molecule has 1 spiro atoms. The van der Waals surface area contributed by atoms with E-state index in [0.717, 1.165) is 11.3 Å². The van der Waals surface area contributed by atoms with Gasteiger partial charge in [-0.2, -0.15) is 0 Å². The lowest BCUT2D eigenvalue weighted by atomic mass is 9.61. The van der Waals surface area contributed by atoms with Crippen molar-refractivity contribution >= 4 is 17.6 Å². The largest absolute Gasteiger partial charge is 0.465 e. The number of carbonyl (C=O) groups excluding carboxylic acids is 2. The van der Waals surface area contributed by atoms with Gasteiger partial charge in [-0.1, -0.05) is 48.5 Å². The average Bonchev–Trinajstić information content (AvgIpc) is 3.29. The molecule has 1 fully saturated rings. The molecule has 0 aliphatic carbocycles. The zero-order valence-electron chi connectivity index (χ0n) is 16.6. The number of carbonyl (C=O) groups is 2. The van der Waals surface area contributed by atoms with Crippen LogP contribution in [-0.2, 0) is 24.5 Å². The van der Waals surface area contributed by atoms with Crippen molar-refractivity contribution in [3.63, 3.8) is 0 Å². The number of hydrogen-bond acceptors (Lipinski definition) is 7. The lowest BCUT2D eigenvalue weighted by Gasteiger charge is -2.43. The van der Waals surface area contributed by atoms with Crippen molar-refractivity contribution in [3.05, 3.63) is 77.2 Å². The van der Waals surface area contributed by atoms with Crippen molar-refractivity contribution < 1.29 is 19.1 Å². The molecule has 3 aliphatic heterocycles. The van der Waals surface area contributed by atoms with Crippen LogP contribution >= 0.6 is 0 Å². The van der Waals surface area contributed by atoms with Gasteiger partial charge in [0.05, 0.1) is 19.1 Å². The maximum Gasteiger partial charge on any atom is 0.340 e. The minimum Gasteiger partial charge on any atom is -0.465 e. The van der Waals surface area contributed by atoms with Crippen LogP contribution < -0.4 is 21.5 Å². The highest BCUT2D eigenvalue weighted by Crippen LogP contribution is 2.58. The van der Waals surface area contributed by atoms with Gasteiger partial charge in [0.15, 0.2) is 12.1 Å². The Bertz CT molecular complexity index is 1070. The standard InChI is InChI=1S/C22H22N4O4/c1-26-14-11-7-6-10-13(14)22(21(26)28)15-17(12-8-4-3-5-9-12)24-25-19(15)30-18(23)16(22)20(27)29-2/h3-11,15,17,19,24-25H,23H2,1-2H3. The second-order valence-electron chi connectivity index (χ2n) is 7.66. The Labute approximate surface area is 173 Å². The summed E-state index contributed by atoms with van der Waals surface area (Å²) in [6, 6.07) is 16.9. The predicted octanol–water partition coefficient (Wildman–Crippen LogP) is 1.07. The van der Waals surface area contributed by atoms with Crippen LogP contribution in [0.4, 0.5) is 5.69 Å². The van der Waals surface area contributed by atoms with Gasteiger partial charge in [-0.25, -0.2) is 15.6 Å². The molecule has 3 aliphatic rings. The van der Waals surface area contributed by atoms with E-state index in [9.17, 15) is 9.59 Å². The number of nitrogens with zero attached hydrogens (tertiary/aromatic N) is 1. The second-order valence-corrected chi connectivity index (χ2v) is 7.66. The molecule has 3 heterocycles. The Morgan fingerprint density at radius 2 is 1.83 bits per heavy atom. The number of likely N-dealkylation sites (N-methyl/N-ethyl adjacent to an activating group) is 1. The maximum absolute atomic E-state index is 14.0. The second kappa shape index (κ2) is 6.58. The third kappa shape index (κ3) is 2.23. The highest BCUT2D eigenvalue weighted by molar-refractivity contribution is 6.15. The smallest absolute Gasteiger partial charge is 0.340 e. The number of anilines is 1. The zero-order chi connectivity index (χ0) is 21.0. The van der Waals surface area contributed by atoms with Gasteiger partial charge in [-0.15, -0.1) is 0 Å². The molecule has 2 aromatic rings. The molecular formula is C22H22N4O4. The van der Waals surface area contributed by atoms with Crippen LogP contribution in [0.3, 0.4) is 0 Å². The predicted molar refractivity (Wildman–Crippen MR) is 109 cm³/mol. The quantitative estimate of drug-likeness (QED) is 0.641. The fourth-order valence-electron chi connectivity index (χ4n) is 5.13. The number of para-hydroxylation sites is 1. The summed E-state index contributed by atoms with van der Waals surface area (Å²) in [5, 5.41) is 0. The Hall–Kier alpha value is -3.36. The molecule has 5 rings (SSSR count). The molecule has 1 saturated heterocycles. The Kier molecular flexibility index (Phi) is 4.09. The fraction of sp³-hybridized carbons (Fsp3) is 0.273. The van der Waals surface area contributed by atoms with Gasteiger partial charge in [0.2, 0.25) is 5.91 Å². The highest BCUT2D eigenvalue weighted by atomic mass is 16.5. The van der Waals surface area contributed by atoms with E-state index in [0.29, 0.717) is 5.56 Å². The Morgan fingerprint density at radius 1 is 1.13 bits per heavy atom. The van der Waals surface area contributed by atoms with Gasteiger partial charge < -0.3 is 20.1 Å². The summed E-state index contributed by atoms with van der Waals surface area (Å²) in [6.45, 7) is 0. The van der Waals surface area contributed by atoms with Crippen molar-refractivity contribution in [2.24, 2.45) is 11.7 Å². The average molecular weight is 406 g/mol. The normalized spacial score (nSPS) is 29.6. The molecule has 154 valence electrons. The first-order valence-electron chi connectivity index (χ1n) is 9.70. The molecule has 2 aromatic carbocycles. The van der Waals surface area contributed by atoms with Gasteiger partial charge in [-0.05, 0) is 17.2 Å². The summed E-state index contributed by atoms with van der Waals surface area (Å²) in [4.78, 5) is 28.5. The highest BCUT2D eigenvalue weighted by Gasteiger charge is 2.68. The summed E-state index contributed by atoms with van der Waals surface area (Å²) >= 11 is 0. The van der Waals surface area contributed by atoms with Crippen molar-refractivity contribution in [2.45, 2.75) is 17.7 Å². The van der Waals surface area contributed by atoms with Gasteiger partial charge in [0, 0.05) is 12.7 Å². The molecule has 4 atom stereocenters. The molecular weight excluding hydrogens is 384 g/mol. The molecule has 4 N–H and O–H groups in total. The monoisotopic (exact) mass is 406 g/mol. The first-order valence-corrected chi connectivity index (χ1v) is 9.70. The van der Waals surface area contributed by atoms with Crippen LogP contribution in [0.25, 0.3) is 0 Å². The molecule has 30 heavy (non-hydrogen) atoms. The molecule has 8 nitrogen and oxygen atoms in total. The molecule has 0 aromatic heterocycles. The molecule has 0 saturated carbocycles. The number of nitrogens with one attached hydrogen (secondary N) is 2. The number of hydrazine groups is 1. The number of nitrogens with two attached hydrogens (primary N) is 1. The van der Waals surface area contributed by atoms with Gasteiger partial charge >= 0.3 is 5.97 Å². The Balaban J connectivity index is 1.82. The third-order valence-corrected chi connectivity index (χ3v) is 6.34. The number of methoxy groups -OCH3 is 1. The van der Waals surface area contributed by atoms with E-state index in [4.69, 9.17) is 15.2 Å². The van der Waals surface area contributed by atoms with E-state index < -0.39 is 23.5 Å². The van der Waals surface area contributed by atoms with Gasteiger partial charge in [0.1, 0.15) is 11.0 Å². The van der Waals surface area contributed by atoms with Gasteiger partial charge in [-0.3, -0.25) is 4.79 Å². The number of ether oxygens (including phenoxy) is 2. The minimum atomic E-state index is -1.36. The third-order valence-electron chi connectivity index (χ3n) is 6.34.